The van der Waals surface area contributed by atoms with Gasteiger partial charge in [0.15, 0.2) is 0 Å². The van der Waals surface area contributed by atoms with Gasteiger partial charge >= 0.3 is 11.9 Å². The molecule has 0 saturated carbocycles. The lowest BCUT2D eigenvalue weighted by Crippen LogP contribution is -2.16. The molecular weight excluding hydrogens is 255 g/mol. The van der Waals surface area contributed by atoms with E-state index in [9.17, 15) is 9.59 Å². The first kappa shape index (κ1) is 12.8. The third kappa shape index (κ3) is 3.12. The van der Waals surface area contributed by atoms with E-state index in [1.165, 1.54) is 18.2 Å². The van der Waals surface area contributed by atoms with Crippen LogP contribution in [0.25, 0.3) is 0 Å². The monoisotopic (exact) mass is 262 g/mol. The van der Waals surface area contributed by atoms with Crippen LogP contribution in [0.2, 0.25) is 10.0 Å². The van der Waals surface area contributed by atoms with Crippen molar-refractivity contribution in [2.75, 3.05) is 0 Å². The van der Waals surface area contributed by atoms with Gasteiger partial charge in [-0.1, -0.05) is 29.3 Å². The fourth-order valence-corrected chi connectivity index (χ4v) is 1.83. The topological polar surface area (TPSA) is 74.6 Å². The summed E-state index contributed by atoms with van der Waals surface area (Å²) in [4.78, 5) is 21.5. The molecule has 4 nitrogen and oxygen atoms in total. The number of benzene rings is 1. The lowest BCUT2D eigenvalue weighted by Gasteiger charge is -2.12. The van der Waals surface area contributed by atoms with Crippen LogP contribution in [-0.4, -0.2) is 22.2 Å². The van der Waals surface area contributed by atoms with E-state index in [1.807, 2.05) is 0 Å². The second kappa shape index (κ2) is 5.18. The smallest absolute Gasteiger partial charge is 0.311 e. The van der Waals surface area contributed by atoms with Crippen molar-refractivity contribution >= 4 is 35.1 Å². The zero-order valence-electron chi connectivity index (χ0n) is 7.98. The summed E-state index contributed by atoms with van der Waals surface area (Å²) < 4.78 is 0. The molecule has 0 aliphatic rings. The van der Waals surface area contributed by atoms with Gasteiger partial charge in [0.1, 0.15) is 0 Å². The molecule has 0 spiro atoms. The average molecular weight is 263 g/mol. The number of hydrogen-bond donors (Lipinski definition) is 2. The number of carbonyl (C=O) groups is 2. The van der Waals surface area contributed by atoms with Crippen LogP contribution in [0.5, 0.6) is 0 Å². The highest BCUT2D eigenvalue weighted by Crippen LogP contribution is 2.29. The lowest BCUT2D eigenvalue weighted by atomic mass is 9.96. The third-order valence-electron chi connectivity index (χ3n) is 2.01. The van der Waals surface area contributed by atoms with E-state index in [-0.39, 0.29) is 10.6 Å². The van der Waals surface area contributed by atoms with Gasteiger partial charge in [-0.25, -0.2) is 0 Å². The Labute approximate surface area is 101 Å². The van der Waals surface area contributed by atoms with Crippen molar-refractivity contribution in [2.24, 2.45) is 0 Å². The summed E-state index contributed by atoms with van der Waals surface area (Å²) in [5.74, 6) is -3.59. The van der Waals surface area contributed by atoms with Crippen LogP contribution in [0.1, 0.15) is 17.9 Å². The van der Waals surface area contributed by atoms with E-state index in [2.05, 4.69) is 0 Å². The first-order chi connectivity index (χ1) is 7.41. The van der Waals surface area contributed by atoms with Gasteiger partial charge in [0, 0.05) is 10.0 Å². The van der Waals surface area contributed by atoms with Gasteiger partial charge in [0.2, 0.25) is 0 Å². The first-order valence-corrected chi connectivity index (χ1v) is 5.07. The van der Waals surface area contributed by atoms with Crippen LogP contribution in [-0.2, 0) is 9.59 Å². The Hall–Kier alpha value is -1.26. The van der Waals surface area contributed by atoms with Crippen molar-refractivity contribution in [1.82, 2.24) is 0 Å². The van der Waals surface area contributed by atoms with E-state index >= 15 is 0 Å². The Bertz CT molecular complexity index is 431. The molecule has 0 aliphatic heterocycles. The van der Waals surface area contributed by atoms with E-state index < -0.39 is 24.3 Å². The van der Waals surface area contributed by atoms with Gasteiger partial charge in [-0.3, -0.25) is 9.59 Å². The largest absolute Gasteiger partial charge is 0.481 e. The van der Waals surface area contributed by atoms with Gasteiger partial charge in [0.25, 0.3) is 0 Å². The van der Waals surface area contributed by atoms with Crippen LogP contribution in [0.4, 0.5) is 0 Å². The summed E-state index contributed by atoms with van der Waals surface area (Å²) in [6.45, 7) is 0. The highest BCUT2D eigenvalue weighted by atomic mass is 35.5. The molecule has 0 fully saturated rings. The SMILES string of the molecule is O=C(O)CC(C(=O)O)c1ccc(Cl)cc1Cl. The first-order valence-electron chi connectivity index (χ1n) is 4.31. The molecule has 2 N–H and O–H groups in total. The van der Waals surface area contributed by atoms with Crippen molar-refractivity contribution in [3.05, 3.63) is 33.8 Å². The molecule has 1 aromatic carbocycles. The number of halogens is 2. The summed E-state index contributed by atoms with van der Waals surface area (Å²) in [6.07, 6.45) is -0.517. The van der Waals surface area contributed by atoms with Crippen molar-refractivity contribution in [2.45, 2.75) is 12.3 Å². The van der Waals surface area contributed by atoms with Crippen LogP contribution in [0, 0.1) is 0 Å². The molecule has 1 aromatic rings. The molecule has 0 saturated heterocycles. The highest BCUT2D eigenvalue weighted by molar-refractivity contribution is 6.35. The molecule has 0 bridgehead atoms. The van der Waals surface area contributed by atoms with Gasteiger partial charge in [-0.15, -0.1) is 0 Å². The Kier molecular flexibility index (Phi) is 4.15. The number of aliphatic carboxylic acids is 2. The van der Waals surface area contributed by atoms with Crippen molar-refractivity contribution in [3.8, 4) is 0 Å². The minimum absolute atomic E-state index is 0.154. The molecule has 0 aliphatic carbocycles. The van der Waals surface area contributed by atoms with Gasteiger partial charge in [-0.05, 0) is 17.7 Å². The summed E-state index contributed by atoms with van der Waals surface area (Å²) in [5.41, 5.74) is 0.251. The molecule has 0 heterocycles. The molecule has 1 atom stereocenters. The van der Waals surface area contributed by atoms with E-state index in [1.54, 1.807) is 0 Å². The minimum atomic E-state index is -1.23. The zero-order chi connectivity index (χ0) is 12.3. The van der Waals surface area contributed by atoms with Crippen LogP contribution in [0.3, 0.4) is 0 Å². The second-order valence-electron chi connectivity index (χ2n) is 3.15. The maximum Gasteiger partial charge on any atom is 0.311 e. The molecule has 0 amide bonds. The standard InChI is InChI=1S/C10H8Cl2O4/c11-5-1-2-6(8(12)3-5)7(10(15)16)4-9(13)14/h1-3,7H,4H2,(H,13,14)(H,15,16). The predicted molar refractivity (Wildman–Crippen MR) is 59.1 cm³/mol. The fourth-order valence-electron chi connectivity index (χ4n) is 1.29. The molecule has 0 aromatic heterocycles. The van der Waals surface area contributed by atoms with Gasteiger partial charge in [-0.2, -0.15) is 0 Å². The van der Waals surface area contributed by atoms with Crippen molar-refractivity contribution < 1.29 is 19.8 Å². The van der Waals surface area contributed by atoms with E-state index in [0.29, 0.717) is 5.02 Å². The van der Waals surface area contributed by atoms with Crippen LogP contribution < -0.4 is 0 Å². The summed E-state index contributed by atoms with van der Waals surface area (Å²) in [5, 5.41) is 18.0. The van der Waals surface area contributed by atoms with Crippen molar-refractivity contribution in [1.29, 1.82) is 0 Å². The molecule has 6 heteroatoms. The van der Waals surface area contributed by atoms with Crippen LogP contribution in [0.15, 0.2) is 18.2 Å². The van der Waals surface area contributed by atoms with Gasteiger partial charge in [0.05, 0.1) is 12.3 Å². The van der Waals surface area contributed by atoms with Crippen molar-refractivity contribution in [3.63, 3.8) is 0 Å². The predicted octanol–water partition coefficient (Wildman–Crippen LogP) is 2.64. The maximum absolute atomic E-state index is 10.9. The number of rotatable bonds is 4. The fraction of sp³-hybridized carbons (Fsp3) is 0.200. The molecular formula is C10H8Cl2O4. The van der Waals surface area contributed by atoms with Gasteiger partial charge < -0.3 is 10.2 Å². The highest BCUT2D eigenvalue weighted by Gasteiger charge is 2.25. The van der Waals surface area contributed by atoms with Crippen LogP contribution >= 0.6 is 23.2 Å². The Morgan fingerprint density at radius 2 is 1.88 bits per heavy atom. The number of carboxylic acids is 2. The number of carboxylic acid groups (broad SMARTS) is 2. The van der Waals surface area contributed by atoms with E-state index in [4.69, 9.17) is 33.4 Å². The Morgan fingerprint density at radius 3 is 2.31 bits per heavy atom. The third-order valence-corrected chi connectivity index (χ3v) is 2.58. The normalized spacial score (nSPS) is 12.1. The van der Waals surface area contributed by atoms with E-state index in [0.717, 1.165) is 0 Å². The average Bonchev–Trinajstić information content (AvgIpc) is 2.14. The Balaban J connectivity index is 3.10. The second-order valence-corrected chi connectivity index (χ2v) is 4.00. The molecule has 16 heavy (non-hydrogen) atoms. The zero-order valence-corrected chi connectivity index (χ0v) is 9.50. The molecule has 86 valence electrons. The molecule has 1 rings (SSSR count). The lowest BCUT2D eigenvalue weighted by molar-refractivity contribution is -0.145. The summed E-state index contributed by atoms with van der Waals surface area (Å²) in [6, 6.07) is 4.28. The summed E-state index contributed by atoms with van der Waals surface area (Å²) in [7, 11) is 0. The number of hydrogen-bond acceptors (Lipinski definition) is 2. The molecule has 1 unspecified atom stereocenters. The minimum Gasteiger partial charge on any atom is -0.481 e. The quantitative estimate of drug-likeness (QED) is 0.875. The summed E-state index contributed by atoms with van der Waals surface area (Å²) >= 11 is 11.5. The molecule has 0 radical (unpaired) electrons. The maximum atomic E-state index is 10.9. The Morgan fingerprint density at radius 1 is 1.25 bits per heavy atom.